The molecule has 3 aromatic rings. The minimum atomic E-state index is -4.00. The topological polar surface area (TPSA) is 146 Å². The third-order valence-corrected chi connectivity index (χ3v) is 7.75. The highest BCUT2D eigenvalue weighted by Gasteiger charge is 2.19. The van der Waals surface area contributed by atoms with Crippen LogP contribution in [0.2, 0.25) is 0 Å². The Bertz CT molecular complexity index is 1260. The fourth-order valence-corrected chi connectivity index (χ4v) is 4.88. The number of benzene rings is 3. The molecule has 0 aliphatic heterocycles. The van der Waals surface area contributed by atoms with Gasteiger partial charge >= 0.3 is 0 Å². The van der Waals surface area contributed by atoms with Crippen molar-refractivity contribution < 1.29 is 44.9 Å². The minimum absolute atomic E-state index is 0.00335. The van der Waals surface area contributed by atoms with Crippen LogP contribution >= 0.6 is 0 Å². The van der Waals surface area contributed by atoms with Gasteiger partial charge in [0, 0.05) is 0 Å². The molecule has 0 amide bonds. The highest BCUT2D eigenvalue weighted by Crippen LogP contribution is 2.19. The van der Waals surface area contributed by atoms with Gasteiger partial charge in [0.1, 0.15) is 36.9 Å². The summed E-state index contributed by atoms with van der Waals surface area (Å²) in [5.74, 6) is 0.761. The molecule has 38 heavy (non-hydrogen) atoms. The van der Waals surface area contributed by atoms with Gasteiger partial charge in [-0.05, 0) is 62.4 Å². The second-order valence-corrected chi connectivity index (χ2v) is 11.7. The lowest BCUT2D eigenvalue weighted by atomic mass is 10.2. The standard InChI is InChI=1S/C26H30O10S2/c1-19-3-11-25(12-4-19)37(29,30)35-17-21(27)15-33-23-7-9-24(10-8-23)34-16-22(28)18-36-38(31,32)26-13-5-20(2)6-14-26/h3-14,21-22,27-28H,15-18H2,1-2H3/t21-,22-/m0/s1. The molecule has 0 aliphatic carbocycles. The Morgan fingerprint density at radius 2 is 0.868 bits per heavy atom. The smallest absolute Gasteiger partial charge is 0.297 e. The molecule has 10 nitrogen and oxygen atoms in total. The number of hydrogen-bond acceptors (Lipinski definition) is 10. The normalized spacial score (nSPS) is 13.6. The van der Waals surface area contributed by atoms with Gasteiger partial charge in [-0.2, -0.15) is 16.8 Å². The summed E-state index contributed by atoms with van der Waals surface area (Å²) >= 11 is 0. The summed E-state index contributed by atoms with van der Waals surface area (Å²) in [6.07, 6.45) is -2.39. The average molecular weight is 567 g/mol. The molecule has 0 saturated heterocycles. The van der Waals surface area contributed by atoms with E-state index in [0.717, 1.165) is 11.1 Å². The fourth-order valence-electron chi connectivity index (χ4n) is 3.00. The Hall–Kier alpha value is -3.00. The maximum absolute atomic E-state index is 12.2. The van der Waals surface area contributed by atoms with Gasteiger partial charge in [0.05, 0.1) is 23.0 Å². The summed E-state index contributed by atoms with van der Waals surface area (Å²) in [6, 6.07) is 18.5. The van der Waals surface area contributed by atoms with Gasteiger partial charge in [0.15, 0.2) is 0 Å². The summed E-state index contributed by atoms with van der Waals surface area (Å²) in [5.41, 5.74) is 1.81. The minimum Gasteiger partial charge on any atom is -0.491 e. The van der Waals surface area contributed by atoms with Gasteiger partial charge in [0.2, 0.25) is 0 Å². The van der Waals surface area contributed by atoms with Gasteiger partial charge in [0.25, 0.3) is 20.2 Å². The third-order valence-electron chi connectivity index (χ3n) is 5.16. The summed E-state index contributed by atoms with van der Waals surface area (Å²) in [6.45, 7) is 2.29. The summed E-state index contributed by atoms with van der Waals surface area (Å²) in [5, 5.41) is 20.1. The van der Waals surface area contributed by atoms with E-state index >= 15 is 0 Å². The Morgan fingerprint density at radius 3 is 1.18 bits per heavy atom. The number of hydrogen-bond donors (Lipinski definition) is 2. The van der Waals surface area contributed by atoms with Crippen LogP contribution in [0.15, 0.2) is 82.6 Å². The molecule has 0 heterocycles. The molecule has 206 valence electrons. The molecular weight excluding hydrogens is 536 g/mol. The van der Waals surface area contributed by atoms with Crippen LogP contribution in [0.3, 0.4) is 0 Å². The van der Waals surface area contributed by atoms with E-state index in [-0.39, 0.29) is 23.0 Å². The highest BCUT2D eigenvalue weighted by molar-refractivity contribution is 7.87. The maximum atomic E-state index is 12.2. The van der Waals surface area contributed by atoms with E-state index < -0.39 is 45.7 Å². The second-order valence-electron chi connectivity index (χ2n) is 8.50. The number of aryl methyl sites for hydroxylation is 2. The van der Waals surface area contributed by atoms with Gasteiger partial charge < -0.3 is 19.7 Å². The van der Waals surface area contributed by atoms with Crippen LogP contribution in [0.4, 0.5) is 0 Å². The quantitative estimate of drug-likeness (QED) is 0.279. The molecule has 2 atom stereocenters. The monoisotopic (exact) mass is 566 g/mol. The molecule has 2 N–H and O–H groups in total. The Labute approximate surface area is 222 Å². The molecule has 0 fully saturated rings. The van der Waals surface area contributed by atoms with Crippen LogP contribution in [-0.4, -0.2) is 65.7 Å². The van der Waals surface area contributed by atoms with E-state index in [1.54, 1.807) is 48.5 Å². The molecular formula is C26H30O10S2. The second kappa shape index (κ2) is 13.2. The first-order valence-electron chi connectivity index (χ1n) is 11.6. The van der Waals surface area contributed by atoms with Crippen molar-refractivity contribution in [1.82, 2.24) is 0 Å². The number of rotatable bonds is 14. The third kappa shape index (κ3) is 9.08. The van der Waals surface area contributed by atoms with Gasteiger partial charge in [-0.15, -0.1) is 0 Å². The van der Waals surface area contributed by atoms with Crippen LogP contribution in [0.1, 0.15) is 11.1 Å². The first kappa shape index (κ1) is 29.6. The van der Waals surface area contributed by atoms with Gasteiger partial charge in [-0.3, -0.25) is 8.37 Å². The van der Waals surface area contributed by atoms with Crippen molar-refractivity contribution in [3.05, 3.63) is 83.9 Å². The molecule has 0 bridgehead atoms. The highest BCUT2D eigenvalue weighted by atomic mass is 32.2. The lowest BCUT2D eigenvalue weighted by Gasteiger charge is -2.14. The lowest BCUT2D eigenvalue weighted by molar-refractivity contribution is 0.0635. The van der Waals surface area contributed by atoms with E-state index in [4.69, 9.17) is 17.8 Å². The molecule has 0 spiro atoms. The SMILES string of the molecule is Cc1ccc(S(=O)(=O)OC[C@@H](O)COc2ccc(OC[C@H](O)COS(=O)(=O)c3ccc(C)cc3)cc2)cc1. The molecule has 12 heteroatoms. The molecule has 0 aliphatic rings. The van der Waals surface area contributed by atoms with Gasteiger partial charge in [-0.25, -0.2) is 0 Å². The van der Waals surface area contributed by atoms with Crippen LogP contribution in [0, 0.1) is 13.8 Å². The lowest BCUT2D eigenvalue weighted by Crippen LogP contribution is -2.25. The maximum Gasteiger partial charge on any atom is 0.297 e. The first-order valence-corrected chi connectivity index (χ1v) is 14.4. The predicted molar refractivity (Wildman–Crippen MR) is 138 cm³/mol. The number of aliphatic hydroxyl groups excluding tert-OH is 2. The number of ether oxygens (including phenoxy) is 2. The van der Waals surface area contributed by atoms with E-state index in [1.807, 2.05) is 13.8 Å². The Balaban J connectivity index is 1.38. The summed E-state index contributed by atoms with van der Waals surface area (Å²) in [4.78, 5) is -0.00670. The summed E-state index contributed by atoms with van der Waals surface area (Å²) < 4.78 is 69.5. The van der Waals surface area contributed by atoms with E-state index in [2.05, 4.69) is 0 Å². The van der Waals surface area contributed by atoms with Crippen molar-refractivity contribution in [3.8, 4) is 11.5 Å². The molecule has 3 rings (SSSR count). The average Bonchev–Trinajstić information content (AvgIpc) is 2.89. The predicted octanol–water partition coefficient (Wildman–Crippen LogP) is 2.59. The molecule has 0 saturated carbocycles. The molecule has 0 radical (unpaired) electrons. The van der Waals surface area contributed by atoms with Crippen LogP contribution in [0.5, 0.6) is 11.5 Å². The Morgan fingerprint density at radius 1 is 0.553 bits per heavy atom. The van der Waals surface area contributed by atoms with Crippen molar-refractivity contribution in [2.24, 2.45) is 0 Å². The first-order chi connectivity index (χ1) is 17.9. The van der Waals surface area contributed by atoms with Gasteiger partial charge in [-0.1, -0.05) is 35.4 Å². The van der Waals surface area contributed by atoms with Crippen molar-refractivity contribution in [2.75, 3.05) is 26.4 Å². The zero-order valence-electron chi connectivity index (χ0n) is 20.9. The molecule has 0 aromatic heterocycles. The zero-order chi connectivity index (χ0) is 27.8. The molecule has 0 unspecified atom stereocenters. The van der Waals surface area contributed by atoms with E-state index in [0.29, 0.717) is 11.5 Å². The van der Waals surface area contributed by atoms with Crippen molar-refractivity contribution >= 4 is 20.2 Å². The van der Waals surface area contributed by atoms with Crippen molar-refractivity contribution in [2.45, 2.75) is 35.8 Å². The zero-order valence-corrected chi connectivity index (χ0v) is 22.5. The van der Waals surface area contributed by atoms with Crippen molar-refractivity contribution in [3.63, 3.8) is 0 Å². The van der Waals surface area contributed by atoms with Crippen LogP contribution < -0.4 is 9.47 Å². The Kier molecular flexibility index (Phi) is 10.3. The van der Waals surface area contributed by atoms with Crippen LogP contribution in [0.25, 0.3) is 0 Å². The largest absolute Gasteiger partial charge is 0.491 e. The van der Waals surface area contributed by atoms with E-state index in [1.165, 1.54) is 24.3 Å². The van der Waals surface area contributed by atoms with E-state index in [9.17, 15) is 27.0 Å². The molecule has 3 aromatic carbocycles. The van der Waals surface area contributed by atoms with Crippen LogP contribution in [-0.2, 0) is 28.6 Å². The fraction of sp³-hybridized carbons (Fsp3) is 0.308. The van der Waals surface area contributed by atoms with Crippen molar-refractivity contribution in [1.29, 1.82) is 0 Å². The summed E-state index contributed by atoms with van der Waals surface area (Å²) in [7, 11) is -7.99. The number of aliphatic hydroxyl groups is 2.